The minimum absolute atomic E-state index is 0.585. The molecule has 0 aromatic carbocycles. The Hall–Kier alpha value is -1.14. The second-order valence-corrected chi connectivity index (χ2v) is 1.47. The van der Waals surface area contributed by atoms with E-state index in [1.54, 1.807) is 0 Å². The zero-order chi connectivity index (χ0) is 8.69. The van der Waals surface area contributed by atoms with Gasteiger partial charge in [-0.25, -0.2) is 9.59 Å². The van der Waals surface area contributed by atoms with Crippen molar-refractivity contribution in [1.82, 2.24) is 0 Å². The van der Waals surface area contributed by atoms with E-state index in [4.69, 9.17) is 10.2 Å². The number of carbonyl (C=O) groups excluding carboxylic acids is 2. The quantitative estimate of drug-likeness (QED) is 0.369. The largest absolute Gasteiger partial charge is 0.426 e. The van der Waals surface area contributed by atoms with Gasteiger partial charge in [-0.3, -0.25) is 0 Å². The molecule has 0 heterocycles. The Morgan fingerprint density at radius 2 is 1.36 bits per heavy atom. The molecule has 0 aliphatic rings. The lowest BCUT2D eigenvalue weighted by Gasteiger charge is -2.02. The second-order valence-electron chi connectivity index (χ2n) is 1.47. The number of esters is 2. The molecule has 6 nitrogen and oxygen atoms in total. The van der Waals surface area contributed by atoms with Crippen molar-refractivity contribution in [1.29, 1.82) is 0 Å². The van der Waals surface area contributed by atoms with E-state index >= 15 is 0 Å². The molecule has 64 valence electrons. The van der Waals surface area contributed by atoms with Crippen LogP contribution < -0.4 is 0 Å². The van der Waals surface area contributed by atoms with Crippen LogP contribution in [0.1, 0.15) is 0 Å². The Labute approximate surface area is 62.3 Å². The molecular formula is C5H8O6. The molecule has 0 aromatic rings. The van der Waals surface area contributed by atoms with Crippen LogP contribution >= 0.6 is 0 Å². The molecule has 0 amide bonds. The highest BCUT2D eigenvalue weighted by Crippen LogP contribution is 1.80. The third-order valence-corrected chi connectivity index (χ3v) is 0.698. The van der Waals surface area contributed by atoms with E-state index in [1.165, 1.54) is 0 Å². The standard InChI is InChI=1S/C5H8O6/c6-1-4(8)10-3-11-5(9)2-7/h6-7H,1-3H2. The van der Waals surface area contributed by atoms with Crippen molar-refractivity contribution < 1.29 is 29.3 Å². The highest BCUT2D eigenvalue weighted by Gasteiger charge is 2.02. The average Bonchev–Trinajstić information content (AvgIpc) is 2.04. The van der Waals surface area contributed by atoms with Gasteiger partial charge in [0.25, 0.3) is 0 Å². The summed E-state index contributed by atoms with van der Waals surface area (Å²) >= 11 is 0. The molecule has 0 aliphatic carbocycles. The molecule has 0 spiro atoms. The summed E-state index contributed by atoms with van der Waals surface area (Å²) in [4.78, 5) is 20.3. The Morgan fingerprint density at radius 1 is 1.00 bits per heavy atom. The lowest BCUT2D eigenvalue weighted by Crippen LogP contribution is -2.16. The average molecular weight is 164 g/mol. The molecule has 0 aromatic heterocycles. The van der Waals surface area contributed by atoms with Crippen molar-refractivity contribution in [3.05, 3.63) is 0 Å². The van der Waals surface area contributed by atoms with Crippen molar-refractivity contribution in [3.63, 3.8) is 0 Å². The summed E-state index contributed by atoms with van der Waals surface area (Å²) < 4.78 is 8.24. The van der Waals surface area contributed by atoms with Crippen LogP contribution in [0.15, 0.2) is 0 Å². The van der Waals surface area contributed by atoms with Gasteiger partial charge >= 0.3 is 11.9 Å². The van der Waals surface area contributed by atoms with Crippen LogP contribution in [0.25, 0.3) is 0 Å². The van der Waals surface area contributed by atoms with Crippen molar-refractivity contribution in [2.24, 2.45) is 0 Å². The number of rotatable bonds is 4. The fraction of sp³-hybridized carbons (Fsp3) is 0.600. The molecule has 0 saturated heterocycles. The van der Waals surface area contributed by atoms with Gasteiger partial charge in [0.1, 0.15) is 13.2 Å². The summed E-state index contributed by atoms with van der Waals surface area (Å²) in [5.74, 6) is -1.79. The van der Waals surface area contributed by atoms with E-state index in [0.29, 0.717) is 0 Å². The van der Waals surface area contributed by atoms with Crippen LogP contribution in [-0.4, -0.2) is 42.2 Å². The fourth-order valence-electron chi connectivity index (χ4n) is 0.252. The van der Waals surface area contributed by atoms with Crippen LogP contribution in [0.4, 0.5) is 0 Å². The van der Waals surface area contributed by atoms with Gasteiger partial charge in [-0.1, -0.05) is 0 Å². The molecule has 11 heavy (non-hydrogen) atoms. The normalized spacial score (nSPS) is 8.91. The number of aliphatic hydroxyl groups excluding tert-OH is 2. The van der Waals surface area contributed by atoms with Gasteiger partial charge in [-0.15, -0.1) is 0 Å². The minimum Gasteiger partial charge on any atom is -0.426 e. The van der Waals surface area contributed by atoms with Crippen LogP contribution in [0.3, 0.4) is 0 Å². The van der Waals surface area contributed by atoms with Crippen LogP contribution in [0.5, 0.6) is 0 Å². The van der Waals surface area contributed by atoms with Crippen LogP contribution in [0, 0.1) is 0 Å². The zero-order valence-corrected chi connectivity index (χ0v) is 5.65. The highest BCUT2D eigenvalue weighted by molar-refractivity contribution is 5.71. The monoisotopic (exact) mass is 164 g/mol. The molecular weight excluding hydrogens is 156 g/mol. The van der Waals surface area contributed by atoms with Crippen molar-refractivity contribution >= 4 is 11.9 Å². The SMILES string of the molecule is O=C(CO)OCOC(=O)CO. The number of ether oxygens (including phenoxy) is 2. The molecule has 0 fully saturated rings. The number of carbonyl (C=O) groups is 2. The maximum Gasteiger partial charge on any atom is 0.334 e. The Bertz CT molecular complexity index is 126. The number of hydrogen-bond donors (Lipinski definition) is 2. The lowest BCUT2D eigenvalue weighted by atomic mass is 10.7. The fourth-order valence-corrected chi connectivity index (χ4v) is 0.252. The van der Waals surface area contributed by atoms with Gasteiger partial charge in [0.15, 0.2) is 0 Å². The first kappa shape index (κ1) is 9.86. The molecule has 0 bridgehead atoms. The van der Waals surface area contributed by atoms with Gasteiger partial charge < -0.3 is 19.7 Å². The van der Waals surface area contributed by atoms with Crippen LogP contribution in [0.2, 0.25) is 0 Å². The van der Waals surface area contributed by atoms with Crippen molar-refractivity contribution in [2.45, 2.75) is 0 Å². The molecule has 0 atom stereocenters. The smallest absolute Gasteiger partial charge is 0.334 e. The highest BCUT2D eigenvalue weighted by atomic mass is 16.7. The van der Waals surface area contributed by atoms with Gasteiger partial charge in [0, 0.05) is 0 Å². The van der Waals surface area contributed by atoms with E-state index in [2.05, 4.69) is 9.47 Å². The van der Waals surface area contributed by atoms with E-state index < -0.39 is 31.9 Å². The molecule has 2 N–H and O–H groups in total. The van der Waals surface area contributed by atoms with Gasteiger partial charge in [-0.05, 0) is 0 Å². The van der Waals surface area contributed by atoms with E-state index in [1.807, 2.05) is 0 Å². The summed E-state index contributed by atoms with van der Waals surface area (Å²) in [6.07, 6.45) is 0. The summed E-state index contributed by atoms with van der Waals surface area (Å²) in [6.45, 7) is -2.12. The van der Waals surface area contributed by atoms with Crippen LogP contribution in [-0.2, 0) is 19.1 Å². The first-order valence-corrected chi connectivity index (χ1v) is 2.73. The molecule has 0 rings (SSSR count). The Morgan fingerprint density at radius 3 is 1.64 bits per heavy atom. The Balaban J connectivity index is 3.27. The minimum atomic E-state index is -0.893. The van der Waals surface area contributed by atoms with Gasteiger partial charge in [0.05, 0.1) is 0 Å². The van der Waals surface area contributed by atoms with Crippen molar-refractivity contribution in [3.8, 4) is 0 Å². The van der Waals surface area contributed by atoms with E-state index in [-0.39, 0.29) is 0 Å². The Kier molecular flexibility index (Phi) is 5.05. The topological polar surface area (TPSA) is 93.1 Å². The molecule has 0 unspecified atom stereocenters. The summed E-state index contributed by atoms with van der Waals surface area (Å²) in [6, 6.07) is 0. The lowest BCUT2D eigenvalue weighted by molar-refractivity contribution is -0.170. The number of hydrogen-bond acceptors (Lipinski definition) is 6. The van der Waals surface area contributed by atoms with E-state index in [0.717, 1.165) is 0 Å². The summed E-state index contributed by atoms with van der Waals surface area (Å²) in [5.41, 5.74) is 0. The van der Waals surface area contributed by atoms with Gasteiger partial charge in [0.2, 0.25) is 6.79 Å². The predicted molar refractivity (Wildman–Crippen MR) is 31.2 cm³/mol. The second kappa shape index (κ2) is 5.63. The summed E-state index contributed by atoms with van der Waals surface area (Å²) in [7, 11) is 0. The maximum atomic E-state index is 10.2. The molecule has 6 heteroatoms. The maximum absolute atomic E-state index is 10.2. The molecule has 0 saturated carbocycles. The first-order valence-electron chi connectivity index (χ1n) is 2.73. The number of aliphatic hydroxyl groups is 2. The summed E-state index contributed by atoms with van der Waals surface area (Å²) in [5, 5.41) is 16.2. The van der Waals surface area contributed by atoms with E-state index in [9.17, 15) is 9.59 Å². The third kappa shape index (κ3) is 5.31. The first-order chi connectivity index (χ1) is 5.20. The molecule has 0 radical (unpaired) electrons. The molecule has 0 aliphatic heterocycles. The van der Waals surface area contributed by atoms with Crippen molar-refractivity contribution in [2.75, 3.05) is 20.0 Å². The predicted octanol–water partition coefficient (Wildman–Crippen LogP) is -1.99. The third-order valence-electron chi connectivity index (χ3n) is 0.698. The zero-order valence-electron chi connectivity index (χ0n) is 5.65. The van der Waals surface area contributed by atoms with Gasteiger partial charge in [-0.2, -0.15) is 0 Å².